The van der Waals surface area contributed by atoms with E-state index < -0.39 is 0 Å². The largest absolute Gasteiger partial charge is 0.376 e. The van der Waals surface area contributed by atoms with Crippen LogP contribution in [0.3, 0.4) is 0 Å². The predicted octanol–water partition coefficient (Wildman–Crippen LogP) is 3.08. The van der Waals surface area contributed by atoms with Crippen molar-refractivity contribution in [3.8, 4) is 11.4 Å². The first-order chi connectivity index (χ1) is 18.3. The van der Waals surface area contributed by atoms with E-state index in [-0.39, 0.29) is 30.9 Å². The summed E-state index contributed by atoms with van der Waals surface area (Å²) in [6.07, 6.45) is 3.41. The SMILES string of the molecule is Cc1ccc(-c2ncccn2)cc1NCC(=O)N(CCNC(C)C)CC(=O)N(C)N1Cc2ccccc2C1. The molecule has 0 saturated carbocycles. The van der Waals surface area contributed by atoms with Gasteiger partial charge in [0.2, 0.25) is 5.91 Å². The number of aryl methyl sites for hydroxylation is 1. The average Bonchev–Trinajstić information content (AvgIpc) is 3.36. The number of rotatable bonds is 11. The van der Waals surface area contributed by atoms with Crippen LogP contribution in [0.15, 0.2) is 60.9 Å². The van der Waals surface area contributed by atoms with E-state index in [1.807, 2.05) is 42.3 Å². The van der Waals surface area contributed by atoms with Gasteiger partial charge in [-0.25, -0.2) is 15.0 Å². The zero-order chi connectivity index (χ0) is 27.1. The third kappa shape index (κ3) is 6.93. The molecule has 2 amide bonds. The van der Waals surface area contributed by atoms with Crippen LogP contribution in [-0.4, -0.2) is 76.0 Å². The number of aromatic nitrogens is 2. The lowest BCUT2D eigenvalue weighted by molar-refractivity contribution is -0.151. The van der Waals surface area contributed by atoms with E-state index in [9.17, 15) is 9.59 Å². The minimum absolute atomic E-state index is 0.0144. The highest BCUT2D eigenvalue weighted by molar-refractivity contribution is 5.87. The number of hydrogen-bond acceptors (Lipinski definition) is 7. The van der Waals surface area contributed by atoms with E-state index >= 15 is 0 Å². The van der Waals surface area contributed by atoms with Crippen LogP contribution in [0.25, 0.3) is 11.4 Å². The lowest BCUT2D eigenvalue weighted by Crippen LogP contribution is -2.49. The van der Waals surface area contributed by atoms with Crippen molar-refractivity contribution in [1.29, 1.82) is 0 Å². The Balaban J connectivity index is 1.40. The van der Waals surface area contributed by atoms with Crippen LogP contribution in [0.5, 0.6) is 0 Å². The molecule has 1 aromatic heterocycles. The molecule has 0 saturated heterocycles. The van der Waals surface area contributed by atoms with Gasteiger partial charge in [-0.2, -0.15) is 0 Å². The lowest BCUT2D eigenvalue weighted by Gasteiger charge is -2.31. The van der Waals surface area contributed by atoms with E-state index in [0.29, 0.717) is 32.0 Å². The van der Waals surface area contributed by atoms with E-state index in [1.54, 1.807) is 35.4 Å². The lowest BCUT2D eigenvalue weighted by atomic mass is 10.1. The van der Waals surface area contributed by atoms with Gasteiger partial charge in [-0.3, -0.25) is 14.6 Å². The van der Waals surface area contributed by atoms with Crippen molar-refractivity contribution in [1.82, 2.24) is 30.2 Å². The first-order valence-corrected chi connectivity index (χ1v) is 13.0. The molecule has 0 fully saturated rings. The van der Waals surface area contributed by atoms with Crippen molar-refractivity contribution in [2.75, 3.05) is 38.5 Å². The van der Waals surface area contributed by atoms with Gasteiger partial charge in [0, 0.05) is 62.9 Å². The van der Waals surface area contributed by atoms with E-state index in [4.69, 9.17) is 0 Å². The number of anilines is 1. The van der Waals surface area contributed by atoms with Crippen LogP contribution >= 0.6 is 0 Å². The van der Waals surface area contributed by atoms with Crippen molar-refractivity contribution in [2.24, 2.45) is 0 Å². The quantitative estimate of drug-likeness (QED) is 0.405. The van der Waals surface area contributed by atoms with Crippen LogP contribution in [0.4, 0.5) is 5.69 Å². The van der Waals surface area contributed by atoms with Crippen LogP contribution in [0, 0.1) is 6.92 Å². The number of amides is 2. The molecule has 0 aliphatic carbocycles. The topological polar surface area (TPSA) is 93.7 Å². The summed E-state index contributed by atoms with van der Waals surface area (Å²) in [6.45, 7) is 8.61. The summed E-state index contributed by atoms with van der Waals surface area (Å²) in [5.74, 6) is 0.374. The minimum Gasteiger partial charge on any atom is -0.376 e. The summed E-state index contributed by atoms with van der Waals surface area (Å²) >= 11 is 0. The van der Waals surface area contributed by atoms with Gasteiger partial charge in [-0.15, -0.1) is 0 Å². The van der Waals surface area contributed by atoms with Crippen molar-refractivity contribution in [3.63, 3.8) is 0 Å². The second kappa shape index (κ2) is 12.6. The van der Waals surface area contributed by atoms with Gasteiger partial charge in [-0.05, 0) is 35.7 Å². The number of hydrogen-bond donors (Lipinski definition) is 2. The summed E-state index contributed by atoms with van der Waals surface area (Å²) < 4.78 is 0. The first-order valence-electron chi connectivity index (χ1n) is 13.0. The highest BCUT2D eigenvalue weighted by atomic mass is 16.2. The number of fused-ring (bicyclic) bond motifs is 1. The standard InChI is InChI=1S/C29H37N7O2/c1-21(2)30-14-15-35(20-28(38)34(4)36-18-24-8-5-6-9-25(24)19-36)27(37)17-33-26-16-23(11-10-22(26)3)29-31-12-7-13-32-29/h5-13,16,21,30,33H,14-15,17-20H2,1-4H3. The second-order valence-electron chi connectivity index (χ2n) is 9.89. The fourth-order valence-electron chi connectivity index (χ4n) is 4.41. The molecule has 0 radical (unpaired) electrons. The Labute approximate surface area is 224 Å². The molecular weight excluding hydrogens is 478 g/mol. The number of nitrogens with zero attached hydrogens (tertiary/aromatic N) is 5. The maximum atomic E-state index is 13.3. The monoisotopic (exact) mass is 515 g/mol. The Morgan fingerprint density at radius 3 is 2.34 bits per heavy atom. The Morgan fingerprint density at radius 2 is 1.68 bits per heavy atom. The molecule has 200 valence electrons. The summed E-state index contributed by atoms with van der Waals surface area (Å²) in [4.78, 5) is 36.9. The third-order valence-corrected chi connectivity index (χ3v) is 6.71. The maximum Gasteiger partial charge on any atom is 0.256 e. The summed E-state index contributed by atoms with van der Waals surface area (Å²) in [7, 11) is 1.78. The average molecular weight is 516 g/mol. The van der Waals surface area contributed by atoms with Gasteiger partial charge < -0.3 is 15.5 Å². The second-order valence-corrected chi connectivity index (χ2v) is 9.89. The highest BCUT2D eigenvalue weighted by Gasteiger charge is 2.27. The molecule has 1 aliphatic heterocycles. The number of carbonyl (C=O) groups excluding carboxylic acids is 2. The molecule has 0 spiro atoms. The number of carbonyl (C=O) groups is 2. The van der Waals surface area contributed by atoms with Gasteiger partial charge in [0.25, 0.3) is 5.91 Å². The summed E-state index contributed by atoms with van der Waals surface area (Å²) in [5.41, 5.74) is 5.16. The maximum absolute atomic E-state index is 13.3. The molecule has 0 bridgehead atoms. The van der Waals surface area contributed by atoms with Crippen LogP contribution < -0.4 is 10.6 Å². The highest BCUT2D eigenvalue weighted by Crippen LogP contribution is 2.24. The van der Waals surface area contributed by atoms with Gasteiger partial charge in [-0.1, -0.05) is 50.2 Å². The molecule has 1 aliphatic rings. The predicted molar refractivity (Wildman–Crippen MR) is 149 cm³/mol. The molecule has 0 atom stereocenters. The van der Waals surface area contributed by atoms with Gasteiger partial charge in [0.1, 0.15) is 6.54 Å². The van der Waals surface area contributed by atoms with Crippen LogP contribution in [0.2, 0.25) is 0 Å². The molecule has 0 unspecified atom stereocenters. The Hall–Kier alpha value is -3.82. The van der Waals surface area contributed by atoms with E-state index in [0.717, 1.165) is 16.8 Å². The summed E-state index contributed by atoms with van der Waals surface area (Å²) in [5, 5.41) is 10.3. The molecule has 9 nitrogen and oxygen atoms in total. The van der Waals surface area contributed by atoms with Crippen molar-refractivity contribution >= 4 is 17.5 Å². The van der Waals surface area contributed by atoms with Gasteiger partial charge in [0.15, 0.2) is 5.82 Å². The van der Waals surface area contributed by atoms with E-state index in [1.165, 1.54) is 11.1 Å². The molecule has 2 heterocycles. The minimum atomic E-state index is -0.136. The molecule has 2 N–H and O–H groups in total. The Morgan fingerprint density at radius 1 is 1.00 bits per heavy atom. The number of benzene rings is 2. The van der Waals surface area contributed by atoms with Gasteiger partial charge >= 0.3 is 0 Å². The smallest absolute Gasteiger partial charge is 0.256 e. The molecule has 3 aromatic rings. The molecule has 2 aromatic carbocycles. The number of hydrazine groups is 1. The zero-order valence-electron chi connectivity index (χ0n) is 22.6. The molecule has 9 heteroatoms. The Kier molecular flexibility index (Phi) is 9.04. The fraction of sp³-hybridized carbons (Fsp3) is 0.379. The summed E-state index contributed by atoms with van der Waals surface area (Å²) in [6, 6.07) is 16.2. The third-order valence-electron chi connectivity index (χ3n) is 6.71. The van der Waals surface area contributed by atoms with E-state index in [2.05, 4.69) is 46.6 Å². The van der Waals surface area contributed by atoms with Crippen molar-refractivity contribution in [3.05, 3.63) is 77.6 Å². The fourth-order valence-corrected chi connectivity index (χ4v) is 4.41. The van der Waals surface area contributed by atoms with Crippen molar-refractivity contribution in [2.45, 2.75) is 39.9 Å². The normalized spacial score (nSPS) is 12.9. The van der Waals surface area contributed by atoms with Gasteiger partial charge in [0.05, 0.1) is 6.54 Å². The van der Waals surface area contributed by atoms with Crippen LogP contribution in [0.1, 0.15) is 30.5 Å². The molecule has 38 heavy (non-hydrogen) atoms. The molecule has 4 rings (SSSR count). The number of likely N-dealkylation sites (N-methyl/N-ethyl adjacent to an activating group) is 1. The molecular formula is C29H37N7O2. The first kappa shape index (κ1) is 27.2. The van der Waals surface area contributed by atoms with Crippen molar-refractivity contribution < 1.29 is 9.59 Å². The number of nitrogens with one attached hydrogen (secondary N) is 2. The zero-order valence-corrected chi connectivity index (χ0v) is 22.6. The van der Waals surface area contributed by atoms with Crippen LogP contribution in [-0.2, 0) is 22.7 Å². The Bertz CT molecular complexity index is 1220.